The number of fused-ring (bicyclic) bond motifs is 1. The molecule has 2 heterocycles. The molecule has 3 aliphatic rings. The molecule has 0 aromatic rings. The van der Waals surface area contributed by atoms with Gasteiger partial charge in [-0.25, -0.2) is 0 Å². The van der Waals surface area contributed by atoms with E-state index in [0.717, 1.165) is 25.7 Å². The first-order chi connectivity index (χ1) is 11.4. The van der Waals surface area contributed by atoms with Crippen LogP contribution in [0.3, 0.4) is 0 Å². The predicted molar refractivity (Wildman–Crippen MR) is 85.1 cm³/mol. The maximum absolute atomic E-state index is 11.6. The van der Waals surface area contributed by atoms with E-state index in [4.69, 9.17) is 18.9 Å². The van der Waals surface area contributed by atoms with E-state index in [1.54, 1.807) is 13.8 Å². The van der Waals surface area contributed by atoms with Crippen LogP contribution in [-0.4, -0.2) is 60.2 Å². The Kier molecular flexibility index (Phi) is 5.46. The van der Waals surface area contributed by atoms with E-state index in [2.05, 4.69) is 5.32 Å². The molecule has 1 amide bonds. The van der Waals surface area contributed by atoms with Crippen LogP contribution in [-0.2, 0) is 23.7 Å². The number of hydrogen-bond donors (Lipinski definition) is 2. The third-order valence-electron chi connectivity index (χ3n) is 4.94. The highest BCUT2D eigenvalue weighted by molar-refractivity contribution is 5.73. The number of hydrogen-bond acceptors (Lipinski definition) is 6. The summed E-state index contributed by atoms with van der Waals surface area (Å²) in [4.78, 5) is 11.6. The third kappa shape index (κ3) is 4.08. The zero-order valence-corrected chi connectivity index (χ0v) is 14.7. The van der Waals surface area contributed by atoms with Crippen molar-refractivity contribution in [2.45, 2.75) is 95.4 Å². The fourth-order valence-electron chi connectivity index (χ4n) is 3.74. The summed E-state index contributed by atoms with van der Waals surface area (Å²) < 4.78 is 23.6. The second-order valence-electron chi connectivity index (χ2n) is 7.45. The molecular weight excluding hydrogens is 314 g/mol. The average molecular weight is 343 g/mol. The molecule has 3 fully saturated rings. The Bertz CT molecular complexity index is 450. The average Bonchev–Trinajstić information content (AvgIpc) is 2.52. The van der Waals surface area contributed by atoms with Gasteiger partial charge in [0, 0.05) is 6.92 Å². The van der Waals surface area contributed by atoms with Crippen LogP contribution in [0.25, 0.3) is 0 Å². The van der Waals surface area contributed by atoms with Crippen molar-refractivity contribution in [1.82, 2.24) is 5.32 Å². The molecule has 0 radical (unpaired) electrons. The van der Waals surface area contributed by atoms with E-state index in [-0.39, 0.29) is 12.0 Å². The molecule has 5 atom stereocenters. The van der Waals surface area contributed by atoms with Crippen molar-refractivity contribution in [3.63, 3.8) is 0 Å². The highest BCUT2D eigenvalue weighted by Gasteiger charge is 2.51. The molecule has 0 aromatic carbocycles. The summed E-state index contributed by atoms with van der Waals surface area (Å²) in [5.74, 6) is -1.02. The predicted octanol–water partition coefficient (Wildman–Crippen LogP) is 1.08. The number of nitrogens with one attached hydrogen (secondary N) is 1. The van der Waals surface area contributed by atoms with Crippen LogP contribution in [0.4, 0.5) is 0 Å². The molecule has 2 aliphatic heterocycles. The minimum atomic E-state index is -0.913. The largest absolute Gasteiger partial charge is 0.388 e. The molecule has 0 bridgehead atoms. The lowest BCUT2D eigenvalue weighted by Gasteiger charge is -2.50. The van der Waals surface area contributed by atoms with Crippen LogP contribution in [0.2, 0.25) is 0 Å². The van der Waals surface area contributed by atoms with Crippen LogP contribution >= 0.6 is 0 Å². The van der Waals surface area contributed by atoms with Gasteiger partial charge in [-0.05, 0) is 26.7 Å². The Morgan fingerprint density at radius 1 is 1.25 bits per heavy atom. The summed E-state index contributed by atoms with van der Waals surface area (Å²) in [6.45, 7) is 5.35. The van der Waals surface area contributed by atoms with Gasteiger partial charge in [0.2, 0.25) is 5.91 Å². The molecule has 7 nitrogen and oxygen atoms in total. The van der Waals surface area contributed by atoms with Crippen LogP contribution in [0.15, 0.2) is 0 Å². The highest BCUT2D eigenvalue weighted by atomic mass is 16.8. The Hall–Kier alpha value is -0.730. The Balaban J connectivity index is 1.73. The summed E-state index contributed by atoms with van der Waals surface area (Å²) in [5, 5.41) is 13.6. The van der Waals surface area contributed by atoms with Gasteiger partial charge in [-0.3, -0.25) is 4.79 Å². The lowest BCUT2D eigenvalue weighted by molar-refractivity contribution is -0.372. The van der Waals surface area contributed by atoms with Crippen molar-refractivity contribution >= 4 is 5.91 Å². The summed E-state index contributed by atoms with van der Waals surface area (Å²) in [5.41, 5.74) is 0. The first-order valence-electron chi connectivity index (χ1n) is 8.93. The van der Waals surface area contributed by atoms with Gasteiger partial charge >= 0.3 is 0 Å². The zero-order chi connectivity index (χ0) is 17.3. The number of aliphatic hydroxyl groups is 1. The van der Waals surface area contributed by atoms with E-state index in [1.807, 2.05) is 0 Å². The summed E-state index contributed by atoms with van der Waals surface area (Å²) in [6, 6.07) is -0.653. The summed E-state index contributed by atoms with van der Waals surface area (Å²) >= 11 is 0. The van der Waals surface area contributed by atoms with Crippen molar-refractivity contribution in [3.8, 4) is 0 Å². The Morgan fingerprint density at radius 2 is 1.96 bits per heavy atom. The number of ether oxygens (including phenoxy) is 4. The number of carbonyl (C=O) groups excluding carboxylic acids is 1. The standard InChI is InChI=1S/C17H29NO6/c1-10(19)18-13-14(20)15-12(9-21-17(2,3)24-15)23-16(13)22-11-7-5-4-6-8-11/h11-16,20H,4-9H2,1-3H3,(H,18,19)/t12-,13-,14+,15+,16-/m1/s1. The van der Waals surface area contributed by atoms with Crippen molar-refractivity contribution in [1.29, 1.82) is 0 Å². The first-order valence-corrected chi connectivity index (χ1v) is 8.93. The van der Waals surface area contributed by atoms with Crippen molar-refractivity contribution < 1.29 is 28.8 Å². The number of amides is 1. The SMILES string of the molecule is CC(=O)N[C@H]1[C@H](OC2CCCCC2)O[C@@H]2COC(C)(C)O[C@@H]2[C@H]1O. The van der Waals surface area contributed by atoms with Gasteiger partial charge in [0.25, 0.3) is 0 Å². The van der Waals surface area contributed by atoms with Gasteiger partial charge in [0.05, 0.1) is 12.7 Å². The quantitative estimate of drug-likeness (QED) is 0.797. The monoisotopic (exact) mass is 343 g/mol. The molecule has 138 valence electrons. The first kappa shape index (κ1) is 18.1. The second-order valence-corrected chi connectivity index (χ2v) is 7.45. The molecule has 0 spiro atoms. The van der Waals surface area contributed by atoms with Gasteiger partial charge < -0.3 is 29.4 Å². The van der Waals surface area contributed by atoms with Gasteiger partial charge in [-0.2, -0.15) is 0 Å². The van der Waals surface area contributed by atoms with Gasteiger partial charge in [0.15, 0.2) is 12.1 Å². The van der Waals surface area contributed by atoms with E-state index >= 15 is 0 Å². The highest BCUT2D eigenvalue weighted by Crippen LogP contribution is 2.34. The third-order valence-corrected chi connectivity index (χ3v) is 4.94. The molecule has 24 heavy (non-hydrogen) atoms. The van der Waals surface area contributed by atoms with Crippen LogP contribution in [0.5, 0.6) is 0 Å². The zero-order valence-electron chi connectivity index (χ0n) is 14.7. The number of rotatable bonds is 3. The van der Waals surface area contributed by atoms with E-state index in [9.17, 15) is 9.90 Å². The smallest absolute Gasteiger partial charge is 0.217 e. The lowest BCUT2D eigenvalue weighted by atomic mass is 9.94. The van der Waals surface area contributed by atoms with E-state index < -0.39 is 36.4 Å². The maximum atomic E-state index is 11.6. The van der Waals surface area contributed by atoms with Crippen LogP contribution in [0.1, 0.15) is 52.9 Å². The van der Waals surface area contributed by atoms with Crippen molar-refractivity contribution in [2.24, 2.45) is 0 Å². The normalized spacial score (nSPS) is 39.9. The molecular formula is C17H29NO6. The fraction of sp³-hybridized carbons (Fsp3) is 0.941. The molecule has 2 saturated heterocycles. The van der Waals surface area contributed by atoms with Gasteiger partial charge in [0.1, 0.15) is 24.4 Å². The molecule has 1 aliphatic carbocycles. The second kappa shape index (κ2) is 7.25. The molecule has 1 saturated carbocycles. The van der Waals surface area contributed by atoms with E-state index in [1.165, 1.54) is 13.3 Å². The maximum Gasteiger partial charge on any atom is 0.217 e. The number of aliphatic hydroxyl groups excluding tert-OH is 1. The topological polar surface area (TPSA) is 86.3 Å². The Morgan fingerprint density at radius 3 is 2.62 bits per heavy atom. The van der Waals surface area contributed by atoms with Crippen molar-refractivity contribution in [2.75, 3.05) is 6.61 Å². The summed E-state index contributed by atoms with van der Waals surface area (Å²) in [6.07, 6.45) is 2.99. The molecule has 7 heteroatoms. The van der Waals surface area contributed by atoms with E-state index in [0.29, 0.717) is 6.61 Å². The summed E-state index contributed by atoms with van der Waals surface area (Å²) in [7, 11) is 0. The fourth-order valence-corrected chi connectivity index (χ4v) is 3.74. The minimum absolute atomic E-state index is 0.102. The van der Waals surface area contributed by atoms with Crippen molar-refractivity contribution in [3.05, 3.63) is 0 Å². The van der Waals surface area contributed by atoms with Crippen LogP contribution in [0, 0.1) is 0 Å². The molecule has 3 rings (SSSR count). The molecule has 0 aromatic heterocycles. The molecule has 0 unspecified atom stereocenters. The Labute approximate surface area is 143 Å². The number of carbonyl (C=O) groups is 1. The van der Waals surface area contributed by atoms with Gasteiger partial charge in [-0.1, -0.05) is 19.3 Å². The molecule has 2 N–H and O–H groups in total. The minimum Gasteiger partial charge on any atom is -0.388 e. The van der Waals surface area contributed by atoms with Crippen LogP contribution < -0.4 is 5.32 Å². The lowest BCUT2D eigenvalue weighted by Crippen LogP contribution is -2.68. The van der Waals surface area contributed by atoms with Gasteiger partial charge in [-0.15, -0.1) is 0 Å².